The van der Waals surface area contributed by atoms with Crippen molar-refractivity contribution in [1.29, 1.82) is 0 Å². The molecule has 1 radical (unpaired) electrons. The zero-order valence-corrected chi connectivity index (χ0v) is 16.9. The molecule has 0 heterocycles. The summed E-state index contributed by atoms with van der Waals surface area (Å²) in [6, 6.07) is 0. The van der Waals surface area contributed by atoms with Crippen LogP contribution in [0.2, 0.25) is 0 Å². The molecule has 0 atom stereocenters. The van der Waals surface area contributed by atoms with Crippen LogP contribution in [0.3, 0.4) is 0 Å². The van der Waals surface area contributed by atoms with Gasteiger partial charge in [-0.05, 0) is 0 Å². The summed E-state index contributed by atoms with van der Waals surface area (Å²) in [7, 11) is 0. The Bertz CT molecular complexity index is 872. The van der Waals surface area contributed by atoms with E-state index in [-0.39, 0.29) is 0 Å². The summed E-state index contributed by atoms with van der Waals surface area (Å²) < 4.78 is 300. The van der Waals surface area contributed by atoms with E-state index in [2.05, 4.69) is 0 Å². The van der Waals surface area contributed by atoms with E-state index < -0.39 is 67.3 Å². The molecule has 5 nitrogen and oxygen atoms in total. The van der Waals surface area contributed by atoms with E-state index >= 15 is 0 Å². The monoisotopic (exact) mass is 663 g/mol. The number of hydrogen-bond acceptors (Lipinski definition) is 5. The van der Waals surface area contributed by atoms with Crippen molar-refractivity contribution in [3.05, 3.63) is 6.92 Å². The zero-order chi connectivity index (χ0) is 33.0. The van der Waals surface area contributed by atoms with Crippen molar-refractivity contribution < 1.29 is 125 Å². The lowest BCUT2D eigenvalue weighted by molar-refractivity contribution is -0.589. The lowest BCUT2D eigenvalue weighted by Crippen LogP contribution is -2.61. The highest BCUT2D eigenvalue weighted by molar-refractivity contribution is 4.81. The third-order valence-electron chi connectivity index (χ3n) is 2.99. The van der Waals surface area contributed by atoms with Gasteiger partial charge in [0.25, 0.3) is 0 Å². The van der Waals surface area contributed by atoms with E-state index in [1.165, 1.54) is 25.9 Å². The van der Waals surface area contributed by atoms with Gasteiger partial charge in [0.05, 0.1) is 0 Å². The average Bonchev–Trinajstić information content (AvgIpc) is 2.53. The van der Waals surface area contributed by atoms with Gasteiger partial charge in [0.2, 0.25) is 0 Å². The molecule has 0 amide bonds. The molecule has 0 saturated heterocycles. The molecule has 0 saturated carbocycles. The highest BCUT2D eigenvalue weighted by Gasteiger charge is 2.79. The van der Waals surface area contributed by atoms with Crippen LogP contribution in [0.5, 0.6) is 0 Å². The first-order valence-corrected chi connectivity index (χ1v) is 7.99. The van der Waals surface area contributed by atoms with Gasteiger partial charge in [-0.25, -0.2) is 23.7 Å². The molecule has 0 rings (SSSR count). The first kappa shape index (κ1) is 38.2. The van der Waals surface area contributed by atoms with Gasteiger partial charge in [0.1, 0.15) is 0 Å². The second-order valence-corrected chi connectivity index (χ2v) is 6.30. The van der Waals surface area contributed by atoms with Gasteiger partial charge in [0, 0.05) is 6.92 Å². The Kier molecular flexibility index (Phi) is 9.71. The van der Waals surface area contributed by atoms with Crippen molar-refractivity contribution in [2.75, 3.05) is 0 Å². The number of alkyl halides is 23. The van der Waals surface area contributed by atoms with Crippen molar-refractivity contribution in [3.63, 3.8) is 0 Å². The fourth-order valence-electron chi connectivity index (χ4n) is 1.36. The van der Waals surface area contributed by atoms with Crippen LogP contribution in [0.4, 0.5) is 101 Å². The van der Waals surface area contributed by atoms with E-state index in [1.54, 1.807) is 4.74 Å². The van der Waals surface area contributed by atoms with Gasteiger partial charge in [-0.2, -0.15) is 101 Å². The SMILES string of the molecule is [CH2]C(F)(F)OC(F)(F)C(F)(F)OC(F)(F)C(F)(F)OC(F)(F)C(F)(F)OC(F)(F)C(F)(F)OC(F)(F)C(F)(F)F. The lowest BCUT2D eigenvalue weighted by atomic mass is 10.4. The molecule has 0 aromatic rings. The molecular weight excluding hydrogens is 661 g/mol. The Balaban J connectivity index is 6.11. The van der Waals surface area contributed by atoms with E-state index in [9.17, 15) is 101 Å². The molecule has 0 aliphatic carbocycles. The molecule has 0 aliphatic heterocycles. The molecule has 0 unspecified atom stereocenters. The Hall–Kier alpha value is -1.81. The van der Waals surface area contributed by atoms with E-state index in [4.69, 9.17) is 0 Å². The normalized spacial score (nSPS) is 16.5. The molecule has 241 valence electrons. The van der Waals surface area contributed by atoms with Crippen molar-refractivity contribution in [2.45, 2.75) is 67.3 Å². The molecule has 0 fully saturated rings. The van der Waals surface area contributed by atoms with E-state index in [1.807, 2.05) is 0 Å². The van der Waals surface area contributed by atoms with Gasteiger partial charge < -0.3 is 0 Å². The van der Waals surface area contributed by atoms with Crippen LogP contribution >= 0.6 is 0 Å². The maximum absolute atomic E-state index is 13.2. The van der Waals surface area contributed by atoms with Gasteiger partial charge in [-0.1, -0.05) is 0 Å². The van der Waals surface area contributed by atoms with Crippen molar-refractivity contribution in [1.82, 2.24) is 0 Å². The lowest BCUT2D eigenvalue weighted by Gasteiger charge is -2.36. The van der Waals surface area contributed by atoms with Crippen molar-refractivity contribution in [3.8, 4) is 0 Å². The zero-order valence-electron chi connectivity index (χ0n) is 16.9. The van der Waals surface area contributed by atoms with Crippen LogP contribution in [0.25, 0.3) is 0 Å². The quantitative estimate of drug-likeness (QED) is 0.182. The predicted octanol–water partition coefficient (Wildman–Crippen LogP) is 7.39. The fourth-order valence-corrected chi connectivity index (χ4v) is 1.36. The Labute approximate surface area is 200 Å². The Morgan fingerprint density at radius 1 is 0.250 bits per heavy atom. The molecule has 0 spiro atoms. The second-order valence-electron chi connectivity index (χ2n) is 6.30. The van der Waals surface area contributed by atoms with E-state index in [0.29, 0.717) is 0 Å². The van der Waals surface area contributed by atoms with Crippen LogP contribution in [0, 0.1) is 6.92 Å². The third kappa shape index (κ3) is 8.37. The first-order chi connectivity index (χ1) is 16.8. The summed E-state index contributed by atoms with van der Waals surface area (Å²) in [6.45, 7) is 1.27. The fraction of sp³-hybridized carbons (Fsp3) is 0.917. The van der Waals surface area contributed by atoms with Crippen LogP contribution in [-0.2, 0) is 23.7 Å². The standard InChI is InChI=1S/C12H2F23O5/c1-2(13,14)36-5(20,21)6(22,23)38-9(28,29)10(30,31)40-12(34,35)11(32,33)39-8(26,27)7(24,25)37-4(18,19)3(15,16)17/h1H2. The minimum atomic E-state index is -8.02. The smallest absolute Gasteiger partial charge is 0.248 e. The van der Waals surface area contributed by atoms with Gasteiger partial charge >= 0.3 is 67.3 Å². The highest BCUT2D eigenvalue weighted by atomic mass is 19.4. The Morgan fingerprint density at radius 2 is 0.400 bits per heavy atom. The molecule has 0 N–H and O–H groups in total. The molecule has 28 heteroatoms. The molecule has 0 aromatic heterocycles. The van der Waals surface area contributed by atoms with Gasteiger partial charge in [-0.3, -0.25) is 0 Å². The minimum Gasteiger partial charge on any atom is -0.248 e. The minimum absolute atomic E-state index is 1.17. The summed E-state index contributed by atoms with van der Waals surface area (Å²) in [4.78, 5) is 0. The summed E-state index contributed by atoms with van der Waals surface area (Å²) in [6.07, 6.45) is -82.6. The van der Waals surface area contributed by atoms with Crippen molar-refractivity contribution >= 4 is 0 Å². The van der Waals surface area contributed by atoms with Crippen LogP contribution in [-0.4, -0.2) is 67.3 Å². The van der Waals surface area contributed by atoms with Crippen molar-refractivity contribution in [2.24, 2.45) is 0 Å². The maximum atomic E-state index is 13.2. The topological polar surface area (TPSA) is 46.2 Å². The molecular formula is C12H2F23O5. The third-order valence-corrected chi connectivity index (χ3v) is 2.99. The average molecular weight is 663 g/mol. The maximum Gasteiger partial charge on any atom is 0.483 e. The Morgan fingerprint density at radius 3 is 0.550 bits per heavy atom. The number of ether oxygens (including phenoxy) is 5. The molecule has 0 aliphatic rings. The van der Waals surface area contributed by atoms with Crippen LogP contribution in [0.1, 0.15) is 0 Å². The highest BCUT2D eigenvalue weighted by Crippen LogP contribution is 2.53. The summed E-state index contributed by atoms with van der Waals surface area (Å²) in [5.41, 5.74) is 0. The van der Waals surface area contributed by atoms with Crippen LogP contribution in [0.15, 0.2) is 0 Å². The molecule has 0 aromatic carbocycles. The predicted molar refractivity (Wildman–Crippen MR) is 66.3 cm³/mol. The first-order valence-electron chi connectivity index (χ1n) is 7.99. The summed E-state index contributed by atoms with van der Waals surface area (Å²) in [5.74, 6) is 0. The largest absolute Gasteiger partial charge is 0.483 e. The van der Waals surface area contributed by atoms with E-state index in [0.717, 1.165) is 0 Å². The molecule has 40 heavy (non-hydrogen) atoms. The number of rotatable bonds is 14. The summed E-state index contributed by atoms with van der Waals surface area (Å²) in [5, 5.41) is 0. The number of halogens is 23. The summed E-state index contributed by atoms with van der Waals surface area (Å²) >= 11 is 0. The second kappa shape index (κ2) is 10.2. The van der Waals surface area contributed by atoms with Gasteiger partial charge in [0.15, 0.2) is 0 Å². The van der Waals surface area contributed by atoms with Gasteiger partial charge in [-0.15, -0.1) is 0 Å². The molecule has 0 bridgehead atoms. The number of hydrogen-bond donors (Lipinski definition) is 0. The van der Waals surface area contributed by atoms with Crippen LogP contribution < -0.4 is 0 Å².